The maximum atomic E-state index is 11.1. The van der Waals surface area contributed by atoms with Crippen LogP contribution in [0.15, 0.2) is 48.5 Å². The van der Waals surface area contributed by atoms with Crippen LogP contribution in [-0.2, 0) is 0 Å². The molecule has 96 valence electrons. The average molecular weight is 262 g/mol. The molecular weight excluding hydrogens is 252 g/mol. The van der Waals surface area contributed by atoms with Crippen LogP contribution in [0.3, 0.4) is 0 Å². The summed E-state index contributed by atoms with van der Waals surface area (Å²) in [7, 11) is 0. The predicted molar refractivity (Wildman–Crippen MR) is 78.1 cm³/mol. The zero-order valence-corrected chi connectivity index (χ0v) is 10.4. The molecule has 0 radical (unpaired) electrons. The lowest BCUT2D eigenvalue weighted by Crippen LogP contribution is -1.99. The van der Waals surface area contributed by atoms with Gasteiger partial charge in [0.25, 0.3) is 0 Å². The van der Waals surface area contributed by atoms with Crippen molar-refractivity contribution in [1.29, 1.82) is 0 Å². The standard InChI is InChI=1S/C16H10N2O2/c19-16(20)13-8-6-9-5-7-12-14(15(9)18-13)10-3-1-2-4-11(10)17-12/h1-8,17H,(H,19,20). The predicted octanol–water partition coefficient (Wildman–Crippen LogP) is 3.57. The third-order valence-electron chi connectivity index (χ3n) is 3.55. The molecule has 2 N–H and O–H groups in total. The number of carbonyl (C=O) groups is 1. The zero-order chi connectivity index (χ0) is 13.7. The minimum absolute atomic E-state index is 0.0651. The Morgan fingerprint density at radius 3 is 2.65 bits per heavy atom. The van der Waals surface area contributed by atoms with Gasteiger partial charge in [-0.3, -0.25) is 0 Å². The first-order valence-electron chi connectivity index (χ1n) is 6.27. The zero-order valence-electron chi connectivity index (χ0n) is 10.4. The van der Waals surface area contributed by atoms with Gasteiger partial charge in [-0.15, -0.1) is 0 Å². The number of carboxylic acid groups (broad SMARTS) is 1. The molecule has 0 saturated carbocycles. The molecule has 0 amide bonds. The number of hydrogen-bond donors (Lipinski definition) is 2. The summed E-state index contributed by atoms with van der Waals surface area (Å²) in [6.45, 7) is 0. The minimum Gasteiger partial charge on any atom is -0.477 e. The van der Waals surface area contributed by atoms with Crippen molar-refractivity contribution in [2.24, 2.45) is 0 Å². The van der Waals surface area contributed by atoms with E-state index in [2.05, 4.69) is 9.97 Å². The number of hydrogen-bond acceptors (Lipinski definition) is 2. The van der Waals surface area contributed by atoms with Crippen LogP contribution in [0, 0.1) is 0 Å². The summed E-state index contributed by atoms with van der Waals surface area (Å²) in [6.07, 6.45) is 0. The highest BCUT2D eigenvalue weighted by atomic mass is 16.4. The summed E-state index contributed by atoms with van der Waals surface area (Å²) in [5.41, 5.74) is 2.78. The molecule has 2 aromatic heterocycles. The summed E-state index contributed by atoms with van der Waals surface area (Å²) in [5, 5.41) is 12.1. The number of aromatic amines is 1. The van der Waals surface area contributed by atoms with Gasteiger partial charge in [-0.05, 0) is 18.2 Å². The number of rotatable bonds is 1. The van der Waals surface area contributed by atoms with Crippen molar-refractivity contribution in [3.05, 3.63) is 54.2 Å². The first-order chi connectivity index (χ1) is 9.74. The molecule has 4 heteroatoms. The van der Waals surface area contributed by atoms with Gasteiger partial charge < -0.3 is 10.1 Å². The number of nitrogens with one attached hydrogen (secondary N) is 1. The van der Waals surface area contributed by atoms with Gasteiger partial charge in [-0.1, -0.05) is 30.3 Å². The van der Waals surface area contributed by atoms with E-state index in [0.29, 0.717) is 0 Å². The van der Waals surface area contributed by atoms with Crippen molar-refractivity contribution in [3.8, 4) is 0 Å². The Kier molecular flexibility index (Phi) is 2.09. The van der Waals surface area contributed by atoms with Crippen molar-refractivity contribution in [1.82, 2.24) is 9.97 Å². The van der Waals surface area contributed by atoms with E-state index < -0.39 is 5.97 Å². The Labute approximate surface area is 113 Å². The highest BCUT2D eigenvalue weighted by Gasteiger charge is 2.11. The number of aromatic carboxylic acids is 1. The van der Waals surface area contributed by atoms with Gasteiger partial charge in [-0.25, -0.2) is 9.78 Å². The molecule has 0 aliphatic carbocycles. The molecule has 4 aromatic rings. The van der Waals surface area contributed by atoms with Gasteiger partial charge in [0, 0.05) is 27.2 Å². The average Bonchev–Trinajstić information content (AvgIpc) is 2.85. The van der Waals surface area contributed by atoms with E-state index in [1.165, 1.54) is 6.07 Å². The quantitative estimate of drug-likeness (QED) is 0.551. The molecular formula is C16H10N2O2. The maximum Gasteiger partial charge on any atom is 0.354 e. The smallest absolute Gasteiger partial charge is 0.354 e. The fourth-order valence-corrected chi connectivity index (χ4v) is 2.64. The summed E-state index contributed by atoms with van der Waals surface area (Å²) >= 11 is 0. The van der Waals surface area contributed by atoms with Gasteiger partial charge in [0.15, 0.2) is 0 Å². The molecule has 2 aromatic carbocycles. The summed E-state index contributed by atoms with van der Waals surface area (Å²) in [5.74, 6) is -1.01. The monoisotopic (exact) mass is 262 g/mol. The molecule has 0 aliphatic heterocycles. The largest absolute Gasteiger partial charge is 0.477 e. The second-order valence-electron chi connectivity index (χ2n) is 4.73. The van der Waals surface area contributed by atoms with Crippen LogP contribution in [0.2, 0.25) is 0 Å². The maximum absolute atomic E-state index is 11.1. The number of para-hydroxylation sites is 1. The SMILES string of the molecule is O=C(O)c1ccc2ccc3[nH]c4ccccc4c3c2n1. The van der Waals surface area contributed by atoms with Crippen LogP contribution in [0.25, 0.3) is 32.7 Å². The van der Waals surface area contributed by atoms with Gasteiger partial charge in [-0.2, -0.15) is 0 Å². The second kappa shape index (κ2) is 3.81. The summed E-state index contributed by atoms with van der Waals surface area (Å²) in [6, 6.07) is 15.2. The third-order valence-corrected chi connectivity index (χ3v) is 3.55. The fourth-order valence-electron chi connectivity index (χ4n) is 2.64. The number of pyridine rings is 1. The van der Waals surface area contributed by atoms with Crippen molar-refractivity contribution < 1.29 is 9.90 Å². The summed E-state index contributed by atoms with van der Waals surface area (Å²) < 4.78 is 0. The minimum atomic E-state index is -1.01. The fraction of sp³-hybridized carbons (Fsp3) is 0. The molecule has 0 saturated heterocycles. The number of carboxylic acids is 1. The third kappa shape index (κ3) is 1.42. The highest BCUT2D eigenvalue weighted by Crippen LogP contribution is 2.31. The first-order valence-corrected chi connectivity index (χ1v) is 6.27. The molecule has 20 heavy (non-hydrogen) atoms. The lowest BCUT2D eigenvalue weighted by atomic mass is 10.1. The van der Waals surface area contributed by atoms with E-state index >= 15 is 0 Å². The number of fused-ring (bicyclic) bond motifs is 5. The van der Waals surface area contributed by atoms with Gasteiger partial charge in [0.05, 0.1) is 5.52 Å². The van der Waals surface area contributed by atoms with Gasteiger partial charge >= 0.3 is 5.97 Å². The first kappa shape index (κ1) is 11.0. The molecule has 4 nitrogen and oxygen atoms in total. The van der Waals surface area contributed by atoms with Crippen LogP contribution < -0.4 is 0 Å². The van der Waals surface area contributed by atoms with Gasteiger partial charge in [0.2, 0.25) is 0 Å². The normalized spacial score (nSPS) is 11.4. The second-order valence-corrected chi connectivity index (χ2v) is 4.73. The lowest BCUT2D eigenvalue weighted by molar-refractivity contribution is 0.0691. The number of nitrogens with zero attached hydrogens (tertiary/aromatic N) is 1. The van der Waals surface area contributed by atoms with Crippen LogP contribution in [0.4, 0.5) is 0 Å². The van der Waals surface area contributed by atoms with E-state index in [-0.39, 0.29) is 5.69 Å². The highest BCUT2D eigenvalue weighted by molar-refractivity contribution is 6.19. The molecule has 0 spiro atoms. The Morgan fingerprint density at radius 1 is 1.00 bits per heavy atom. The van der Waals surface area contributed by atoms with Gasteiger partial charge in [0.1, 0.15) is 5.69 Å². The van der Waals surface area contributed by atoms with Crippen LogP contribution in [0.5, 0.6) is 0 Å². The topological polar surface area (TPSA) is 66.0 Å². The number of benzene rings is 2. The molecule has 0 fully saturated rings. The lowest BCUT2D eigenvalue weighted by Gasteiger charge is -2.01. The Bertz CT molecular complexity index is 986. The van der Waals surface area contributed by atoms with Crippen molar-refractivity contribution in [2.75, 3.05) is 0 Å². The Morgan fingerprint density at radius 2 is 1.80 bits per heavy atom. The molecule has 4 rings (SSSR count). The van der Waals surface area contributed by atoms with Crippen molar-refractivity contribution in [3.63, 3.8) is 0 Å². The van der Waals surface area contributed by atoms with E-state index in [1.54, 1.807) is 6.07 Å². The summed E-state index contributed by atoms with van der Waals surface area (Å²) in [4.78, 5) is 18.7. The number of H-pyrrole nitrogens is 1. The Hall–Kier alpha value is -2.88. The molecule has 0 bridgehead atoms. The van der Waals surface area contributed by atoms with Crippen LogP contribution in [0.1, 0.15) is 10.5 Å². The van der Waals surface area contributed by atoms with E-state index in [9.17, 15) is 4.79 Å². The van der Waals surface area contributed by atoms with E-state index in [1.807, 2.05) is 36.4 Å². The van der Waals surface area contributed by atoms with Crippen LogP contribution in [-0.4, -0.2) is 21.0 Å². The molecule has 0 atom stereocenters. The number of aromatic nitrogens is 2. The molecule has 0 unspecified atom stereocenters. The van der Waals surface area contributed by atoms with Crippen LogP contribution >= 0.6 is 0 Å². The molecule has 2 heterocycles. The van der Waals surface area contributed by atoms with Crippen molar-refractivity contribution in [2.45, 2.75) is 0 Å². The molecule has 0 aliphatic rings. The van der Waals surface area contributed by atoms with E-state index in [0.717, 1.165) is 32.7 Å². The van der Waals surface area contributed by atoms with E-state index in [4.69, 9.17) is 5.11 Å². The Balaban J connectivity index is 2.25. The van der Waals surface area contributed by atoms with Crippen molar-refractivity contribution >= 4 is 38.7 Å².